The highest BCUT2D eigenvalue weighted by molar-refractivity contribution is 5.19. The van der Waals surface area contributed by atoms with Gasteiger partial charge in [0.2, 0.25) is 5.88 Å². The van der Waals surface area contributed by atoms with Crippen LogP contribution in [0.2, 0.25) is 0 Å². The number of aliphatic hydroxyl groups excluding tert-OH is 1. The first-order chi connectivity index (χ1) is 7.65. The Hall–Kier alpha value is -1.20. The zero-order chi connectivity index (χ0) is 12.0. The van der Waals surface area contributed by atoms with Crippen LogP contribution in [0.15, 0.2) is 12.4 Å². The summed E-state index contributed by atoms with van der Waals surface area (Å²) in [4.78, 5) is 8.06. The number of nitrogens with zero attached hydrogens (tertiary/aromatic N) is 2. The zero-order valence-corrected chi connectivity index (χ0v) is 9.97. The van der Waals surface area contributed by atoms with Crippen LogP contribution >= 0.6 is 0 Å². The van der Waals surface area contributed by atoms with Crippen LogP contribution in [0.25, 0.3) is 0 Å². The summed E-state index contributed by atoms with van der Waals surface area (Å²) in [5.74, 6) is 0.928. The third-order valence-corrected chi connectivity index (χ3v) is 2.09. The minimum absolute atomic E-state index is 0.376. The Labute approximate surface area is 95.9 Å². The van der Waals surface area contributed by atoms with Gasteiger partial charge in [-0.05, 0) is 12.5 Å². The molecule has 1 unspecified atom stereocenters. The number of rotatable bonds is 6. The Bertz CT molecular complexity index is 318. The third kappa shape index (κ3) is 3.75. The van der Waals surface area contributed by atoms with Crippen LogP contribution in [0.3, 0.4) is 0 Å². The summed E-state index contributed by atoms with van der Waals surface area (Å²) in [7, 11) is 1.52. The van der Waals surface area contributed by atoms with Gasteiger partial charge in [-0.2, -0.15) is 0 Å². The van der Waals surface area contributed by atoms with Crippen LogP contribution in [-0.4, -0.2) is 35.3 Å². The van der Waals surface area contributed by atoms with Gasteiger partial charge in [-0.3, -0.25) is 4.98 Å². The maximum absolute atomic E-state index is 9.90. The second kappa shape index (κ2) is 6.40. The molecule has 1 aromatic rings. The summed E-state index contributed by atoms with van der Waals surface area (Å²) in [6, 6.07) is 0. The van der Waals surface area contributed by atoms with Crippen molar-refractivity contribution in [2.45, 2.75) is 20.0 Å². The molecule has 0 aliphatic carbocycles. The lowest BCUT2D eigenvalue weighted by atomic mass is 10.2. The van der Waals surface area contributed by atoms with Crippen molar-refractivity contribution in [3.8, 4) is 5.88 Å². The molecule has 0 spiro atoms. The number of aliphatic hydroxyl groups is 1. The molecule has 16 heavy (non-hydrogen) atoms. The van der Waals surface area contributed by atoms with Crippen LogP contribution in [-0.2, 0) is 0 Å². The van der Waals surface area contributed by atoms with Gasteiger partial charge >= 0.3 is 0 Å². The van der Waals surface area contributed by atoms with Gasteiger partial charge in [0.25, 0.3) is 0 Å². The van der Waals surface area contributed by atoms with Crippen molar-refractivity contribution in [2.24, 2.45) is 5.92 Å². The van der Waals surface area contributed by atoms with E-state index in [4.69, 9.17) is 4.74 Å². The Morgan fingerprint density at radius 3 is 2.62 bits per heavy atom. The molecule has 0 amide bonds. The first-order valence-corrected chi connectivity index (χ1v) is 5.38. The van der Waals surface area contributed by atoms with E-state index >= 15 is 0 Å². The molecule has 90 valence electrons. The molecular weight excluding hydrogens is 206 g/mol. The maximum atomic E-state index is 9.90. The van der Waals surface area contributed by atoms with Gasteiger partial charge in [0.15, 0.2) is 0 Å². The monoisotopic (exact) mass is 225 g/mol. The molecule has 0 radical (unpaired) electrons. The van der Waals surface area contributed by atoms with Crippen molar-refractivity contribution in [1.29, 1.82) is 0 Å². The van der Waals surface area contributed by atoms with Crippen molar-refractivity contribution in [3.05, 3.63) is 18.1 Å². The van der Waals surface area contributed by atoms with E-state index in [2.05, 4.69) is 29.1 Å². The minimum Gasteiger partial charge on any atom is -0.480 e. The third-order valence-electron chi connectivity index (χ3n) is 2.09. The molecule has 2 N–H and O–H groups in total. The molecule has 1 rings (SSSR count). The molecule has 1 aromatic heterocycles. The molecule has 0 fully saturated rings. The summed E-state index contributed by atoms with van der Waals surface area (Å²) >= 11 is 0. The zero-order valence-electron chi connectivity index (χ0n) is 9.97. The summed E-state index contributed by atoms with van der Waals surface area (Å²) in [6.07, 6.45) is 2.39. The van der Waals surface area contributed by atoms with Crippen molar-refractivity contribution < 1.29 is 9.84 Å². The fourth-order valence-electron chi connectivity index (χ4n) is 1.33. The number of aromatic nitrogens is 2. The average Bonchev–Trinajstić information content (AvgIpc) is 2.28. The number of hydrogen-bond acceptors (Lipinski definition) is 5. The standard InChI is InChI=1S/C11H19N3O2/c1-8(2)6-12-7-9(15)10-11(16-3)14-5-4-13-10/h4-5,8-9,12,15H,6-7H2,1-3H3. The quantitative estimate of drug-likeness (QED) is 0.748. The smallest absolute Gasteiger partial charge is 0.238 e. The van der Waals surface area contributed by atoms with Crippen LogP contribution in [0.1, 0.15) is 25.6 Å². The molecule has 0 saturated carbocycles. The van der Waals surface area contributed by atoms with Crippen molar-refractivity contribution in [3.63, 3.8) is 0 Å². The molecule has 1 heterocycles. The highest BCUT2D eigenvalue weighted by Gasteiger charge is 2.15. The first kappa shape index (κ1) is 12.9. The summed E-state index contributed by atoms with van der Waals surface area (Å²) in [5.41, 5.74) is 0.473. The van der Waals surface area contributed by atoms with Gasteiger partial charge in [-0.25, -0.2) is 4.98 Å². The lowest BCUT2D eigenvalue weighted by molar-refractivity contribution is 0.163. The Morgan fingerprint density at radius 1 is 1.31 bits per heavy atom. The van der Waals surface area contributed by atoms with Crippen LogP contribution < -0.4 is 10.1 Å². The fourth-order valence-corrected chi connectivity index (χ4v) is 1.33. The minimum atomic E-state index is -0.692. The summed E-state index contributed by atoms with van der Waals surface area (Å²) in [6.45, 7) is 5.54. The number of hydrogen-bond donors (Lipinski definition) is 2. The topological polar surface area (TPSA) is 67.3 Å². The lowest BCUT2D eigenvalue weighted by Gasteiger charge is -2.14. The first-order valence-electron chi connectivity index (χ1n) is 5.38. The van der Waals surface area contributed by atoms with Gasteiger partial charge in [-0.1, -0.05) is 13.8 Å². The van der Waals surface area contributed by atoms with Gasteiger partial charge < -0.3 is 15.2 Å². The predicted molar refractivity (Wildman–Crippen MR) is 61.3 cm³/mol. The molecule has 0 aromatic carbocycles. The highest BCUT2D eigenvalue weighted by atomic mass is 16.5. The SMILES string of the molecule is COc1nccnc1C(O)CNCC(C)C. The maximum Gasteiger partial charge on any atom is 0.238 e. The van der Waals surface area contributed by atoms with E-state index in [0.29, 0.717) is 24.0 Å². The van der Waals surface area contributed by atoms with Gasteiger partial charge in [0.05, 0.1) is 7.11 Å². The average molecular weight is 225 g/mol. The molecule has 5 nitrogen and oxygen atoms in total. The fraction of sp³-hybridized carbons (Fsp3) is 0.636. The van der Waals surface area contributed by atoms with E-state index in [1.807, 2.05) is 0 Å². The van der Waals surface area contributed by atoms with Crippen molar-refractivity contribution in [2.75, 3.05) is 20.2 Å². The molecule has 0 aliphatic rings. The number of ether oxygens (including phenoxy) is 1. The molecule has 0 saturated heterocycles. The van der Waals surface area contributed by atoms with Gasteiger partial charge in [-0.15, -0.1) is 0 Å². The van der Waals surface area contributed by atoms with Crippen LogP contribution in [0, 0.1) is 5.92 Å². The van der Waals surface area contributed by atoms with Gasteiger partial charge in [0, 0.05) is 18.9 Å². The van der Waals surface area contributed by atoms with E-state index < -0.39 is 6.10 Å². The molecular formula is C11H19N3O2. The number of nitrogens with one attached hydrogen (secondary N) is 1. The van der Waals surface area contributed by atoms with Crippen molar-refractivity contribution >= 4 is 0 Å². The molecule has 0 bridgehead atoms. The second-order valence-corrected chi connectivity index (χ2v) is 4.02. The Morgan fingerprint density at radius 2 is 2.00 bits per heavy atom. The summed E-state index contributed by atoms with van der Waals surface area (Å²) in [5, 5.41) is 13.1. The predicted octanol–water partition coefficient (Wildman–Crippen LogP) is 0.764. The molecule has 0 aliphatic heterocycles. The lowest BCUT2D eigenvalue weighted by Crippen LogP contribution is -2.26. The molecule has 1 atom stereocenters. The van der Waals surface area contributed by atoms with E-state index in [9.17, 15) is 5.11 Å². The van der Waals surface area contributed by atoms with Crippen molar-refractivity contribution in [1.82, 2.24) is 15.3 Å². The summed E-state index contributed by atoms with van der Waals surface area (Å²) < 4.78 is 5.03. The van der Waals surface area contributed by atoms with E-state index in [1.54, 1.807) is 6.20 Å². The van der Waals surface area contributed by atoms with Crippen LogP contribution in [0.4, 0.5) is 0 Å². The Balaban J connectivity index is 2.55. The largest absolute Gasteiger partial charge is 0.480 e. The Kier molecular flexibility index (Phi) is 5.14. The second-order valence-electron chi connectivity index (χ2n) is 4.02. The van der Waals surface area contributed by atoms with E-state index in [0.717, 1.165) is 6.54 Å². The number of methoxy groups -OCH3 is 1. The van der Waals surface area contributed by atoms with E-state index in [-0.39, 0.29) is 0 Å². The van der Waals surface area contributed by atoms with Crippen LogP contribution in [0.5, 0.6) is 5.88 Å². The van der Waals surface area contributed by atoms with Gasteiger partial charge in [0.1, 0.15) is 11.8 Å². The van der Waals surface area contributed by atoms with E-state index in [1.165, 1.54) is 13.3 Å². The highest BCUT2D eigenvalue weighted by Crippen LogP contribution is 2.18. The molecule has 5 heteroatoms. The normalized spacial score (nSPS) is 12.8.